The van der Waals surface area contributed by atoms with Crippen LogP contribution < -0.4 is 20.1 Å². The lowest BCUT2D eigenvalue weighted by Gasteiger charge is -2.21. The zero-order valence-electron chi connectivity index (χ0n) is 13.9. The van der Waals surface area contributed by atoms with Crippen LogP contribution in [-0.4, -0.2) is 35.6 Å². The van der Waals surface area contributed by atoms with E-state index < -0.39 is 0 Å². The van der Waals surface area contributed by atoms with Gasteiger partial charge in [-0.05, 0) is 36.6 Å². The number of hydrogen-bond acceptors (Lipinski definition) is 4. The van der Waals surface area contributed by atoms with Crippen molar-refractivity contribution in [3.8, 4) is 11.5 Å². The second-order valence-corrected chi connectivity index (χ2v) is 5.80. The van der Waals surface area contributed by atoms with E-state index in [0.717, 1.165) is 29.0 Å². The van der Waals surface area contributed by atoms with E-state index in [-0.39, 0.29) is 12.1 Å². The van der Waals surface area contributed by atoms with Crippen molar-refractivity contribution in [3.63, 3.8) is 0 Å². The molecule has 0 aliphatic carbocycles. The molecule has 24 heavy (non-hydrogen) atoms. The van der Waals surface area contributed by atoms with E-state index in [2.05, 4.69) is 15.7 Å². The highest BCUT2D eigenvalue weighted by Crippen LogP contribution is 2.32. The van der Waals surface area contributed by atoms with Crippen LogP contribution in [0, 0.1) is 0 Å². The van der Waals surface area contributed by atoms with E-state index in [9.17, 15) is 4.79 Å². The van der Waals surface area contributed by atoms with Crippen LogP contribution in [0.25, 0.3) is 0 Å². The quantitative estimate of drug-likeness (QED) is 0.876. The first-order chi connectivity index (χ1) is 11.6. The average Bonchev–Trinajstić information content (AvgIpc) is 2.99. The van der Waals surface area contributed by atoms with Gasteiger partial charge in [0.1, 0.15) is 13.2 Å². The van der Waals surface area contributed by atoms with Gasteiger partial charge >= 0.3 is 6.03 Å². The summed E-state index contributed by atoms with van der Waals surface area (Å²) in [6, 6.07) is 5.41. The van der Waals surface area contributed by atoms with Gasteiger partial charge in [0.05, 0.1) is 12.2 Å². The molecule has 0 saturated carbocycles. The zero-order chi connectivity index (χ0) is 16.9. The van der Waals surface area contributed by atoms with Crippen molar-refractivity contribution < 1.29 is 14.3 Å². The van der Waals surface area contributed by atoms with Crippen LogP contribution in [0.5, 0.6) is 11.5 Å². The maximum atomic E-state index is 12.0. The van der Waals surface area contributed by atoms with Gasteiger partial charge in [0.15, 0.2) is 11.5 Å². The highest BCUT2D eigenvalue weighted by atomic mass is 16.6. The maximum absolute atomic E-state index is 12.0. The molecule has 1 atom stereocenters. The van der Waals surface area contributed by atoms with Gasteiger partial charge < -0.3 is 20.1 Å². The number of benzene rings is 1. The second kappa shape index (κ2) is 7.25. The van der Waals surface area contributed by atoms with E-state index in [4.69, 9.17) is 9.47 Å². The molecule has 0 radical (unpaired) electrons. The molecular formula is C17H22N4O3. The van der Waals surface area contributed by atoms with Crippen molar-refractivity contribution in [1.29, 1.82) is 0 Å². The molecule has 1 aliphatic rings. The summed E-state index contributed by atoms with van der Waals surface area (Å²) in [5.74, 6) is 1.47. The van der Waals surface area contributed by atoms with Crippen LogP contribution in [-0.2, 0) is 13.5 Å². The Kier molecular flexibility index (Phi) is 4.88. The number of nitrogens with one attached hydrogen (secondary N) is 2. The van der Waals surface area contributed by atoms with Crippen molar-refractivity contribution in [2.24, 2.45) is 7.05 Å². The van der Waals surface area contributed by atoms with Gasteiger partial charge in [-0.2, -0.15) is 5.10 Å². The van der Waals surface area contributed by atoms with E-state index in [0.29, 0.717) is 19.8 Å². The van der Waals surface area contributed by atoms with Crippen LogP contribution in [0.2, 0.25) is 0 Å². The summed E-state index contributed by atoms with van der Waals surface area (Å²) in [6.45, 7) is 3.62. The predicted octanol–water partition coefficient (Wildman–Crippen LogP) is 1.79. The first-order valence-electron chi connectivity index (χ1n) is 8.03. The molecule has 1 aromatic carbocycles. The molecule has 1 aromatic heterocycles. The number of rotatable bonds is 5. The SMILES string of the molecule is C[C@H](NC(=O)NCCc1cnn(C)c1)c1ccc2c(c1)OCCO2. The van der Waals surface area contributed by atoms with Gasteiger partial charge in [-0.15, -0.1) is 0 Å². The number of ether oxygens (including phenoxy) is 2. The molecule has 0 fully saturated rings. The molecule has 2 aromatic rings. The van der Waals surface area contributed by atoms with Gasteiger partial charge in [0.2, 0.25) is 0 Å². The Balaban J connectivity index is 1.48. The minimum absolute atomic E-state index is 0.126. The number of urea groups is 1. The Morgan fingerprint density at radius 2 is 2.12 bits per heavy atom. The minimum atomic E-state index is -0.193. The van der Waals surface area contributed by atoms with Crippen LogP contribution in [0.4, 0.5) is 4.79 Å². The van der Waals surface area contributed by atoms with Crippen molar-refractivity contribution in [2.75, 3.05) is 19.8 Å². The van der Waals surface area contributed by atoms with E-state index in [1.165, 1.54) is 0 Å². The fourth-order valence-corrected chi connectivity index (χ4v) is 2.58. The molecular weight excluding hydrogens is 308 g/mol. The van der Waals surface area contributed by atoms with Gasteiger partial charge in [-0.1, -0.05) is 6.07 Å². The summed E-state index contributed by atoms with van der Waals surface area (Å²) < 4.78 is 12.8. The lowest BCUT2D eigenvalue weighted by molar-refractivity contribution is 0.171. The zero-order valence-corrected chi connectivity index (χ0v) is 13.9. The first-order valence-corrected chi connectivity index (χ1v) is 8.03. The van der Waals surface area contributed by atoms with Crippen molar-refractivity contribution in [2.45, 2.75) is 19.4 Å². The monoisotopic (exact) mass is 330 g/mol. The van der Waals surface area contributed by atoms with E-state index in [1.807, 2.05) is 38.4 Å². The topological polar surface area (TPSA) is 77.4 Å². The standard InChI is InChI=1S/C17H22N4O3/c1-12(14-3-4-15-16(9-14)24-8-7-23-15)20-17(22)18-6-5-13-10-19-21(2)11-13/h3-4,9-12H,5-8H2,1-2H3,(H2,18,20,22)/t12-/m0/s1. The van der Waals surface area contributed by atoms with Gasteiger partial charge in [0.25, 0.3) is 0 Å². The Morgan fingerprint density at radius 3 is 2.88 bits per heavy atom. The molecule has 7 nitrogen and oxygen atoms in total. The number of nitrogens with zero attached hydrogens (tertiary/aromatic N) is 2. The van der Waals surface area contributed by atoms with Gasteiger partial charge in [-0.25, -0.2) is 4.79 Å². The predicted molar refractivity (Wildman–Crippen MR) is 89.3 cm³/mol. The second-order valence-electron chi connectivity index (χ2n) is 5.80. The number of fused-ring (bicyclic) bond motifs is 1. The Labute approximate surface area is 140 Å². The Hall–Kier alpha value is -2.70. The van der Waals surface area contributed by atoms with Crippen LogP contribution >= 0.6 is 0 Å². The van der Waals surface area contributed by atoms with E-state index >= 15 is 0 Å². The number of carbonyl (C=O) groups excluding carboxylic acids is 1. The van der Waals surface area contributed by atoms with E-state index in [1.54, 1.807) is 10.9 Å². The molecule has 0 spiro atoms. The molecule has 2 heterocycles. The molecule has 7 heteroatoms. The van der Waals surface area contributed by atoms with Crippen LogP contribution in [0.3, 0.4) is 0 Å². The van der Waals surface area contributed by atoms with Crippen LogP contribution in [0.1, 0.15) is 24.1 Å². The summed E-state index contributed by atoms with van der Waals surface area (Å²) in [6.07, 6.45) is 4.49. The van der Waals surface area contributed by atoms with Crippen molar-refractivity contribution in [1.82, 2.24) is 20.4 Å². The van der Waals surface area contributed by atoms with Crippen molar-refractivity contribution in [3.05, 3.63) is 41.7 Å². The van der Waals surface area contributed by atoms with Gasteiger partial charge in [0, 0.05) is 19.8 Å². The molecule has 1 aliphatic heterocycles. The lowest BCUT2D eigenvalue weighted by Crippen LogP contribution is -2.38. The Morgan fingerprint density at radius 1 is 1.33 bits per heavy atom. The van der Waals surface area contributed by atoms with Crippen molar-refractivity contribution >= 4 is 6.03 Å². The highest BCUT2D eigenvalue weighted by molar-refractivity contribution is 5.74. The molecule has 0 saturated heterocycles. The third kappa shape index (κ3) is 3.98. The number of amides is 2. The molecule has 128 valence electrons. The third-order valence-electron chi connectivity index (χ3n) is 3.87. The third-order valence-corrected chi connectivity index (χ3v) is 3.87. The number of carbonyl (C=O) groups is 1. The maximum Gasteiger partial charge on any atom is 0.315 e. The molecule has 2 N–H and O–H groups in total. The normalized spacial score (nSPS) is 14.1. The fraction of sp³-hybridized carbons (Fsp3) is 0.412. The van der Waals surface area contributed by atoms with Crippen LogP contribution in [0.15, 0.2) is 30.6 Å². The number of hydrogen-bond donors (Lipinski definition) is 2. The minimum Gasteiger partial charge on any atom is -0.486 e. The summed E-state index contributed by atoms with van der Waals surface area (Å²) in [5, 5.41) is 9.89. The highest BCUT2D eigenvalue weighted by Gasteiger charge is 2.15. The average molecular weight is 330 g/mol. The molecule has 3 rings (SSSR count). The Bertz CT molecular complexity index is 714. The van der Waals surface area contributed by atoms with Gasteiger partial charge in [-0.3, -0.25) is 4.68 Å². The summed E-state index contributed by atoms with van der Waals surface area (Å²) in [4.78, 5) is 12.0. The molecule has 0 bridgehead atoms. The first kappa shape index (κ1) is 16.2. The summed E-state index contributed by atoms with van der Waals surface area (Å²) in [5.41, 5.74) is 2.07. The summed E-state index contributed by atoms with van der Waals surface area (Å²) >= 11 is 0. The molecule has 2 amide bonds. The fourth-order valence-electron chi connectivity index (χ4n) is 2.58. The smallest absolute Gasteiger partial charge is 0.315 e. The lowest BCUT2D eigenvalue weighted by atomic mass is 10.1. The number of aromatic nitrogens is 2. The summed E-state index contributed by atoms with van der Waals surface area (Å²) in [7, 11) is 1.87. The largest absolute Gasteiger partial charge is 0.486 e. The molecule has 0 unspecified atom stereocenters. The number of aryl methyl sites for hydroxylation is 1.